The average Bonchev–Trinajstić information content (AvgIpc) is 2.64. The van der Waals surface area contributed by atoms with Gasteiger partial charge in [-0.25, -0.2) is 0 Å². The summed E-state index contributed by atoms with van der Waals surface area (Å²) in [5, 5.41) is 7.10. The molecule has 1 fully saturated rings. The predicted molar refractivity (Wildman–Crippen MR) is 59.0 cm³/mol. The molecule has 5 heteroatoms. The van der Waals surface area contributed by atoms with Crippen molar-refractivity contribution in [2.24, 2.45) is 0 Å². The van der Waals surface area contributed by atoms with E-state index >= 15 is 0 Å². The largest absolute Gasteiger partial charge is 0.361 e. The number of amides is 1. The van der Waals surface area contributed by atoms with Gasteiger partial charge in [-0.05, 0) is 13.8 Å². The van der Waals surface area contributed by atoms with Crippen LogP contribution in [0.25, 0.3) is 0 Å². The first-order valence-corrected chi connectivity index (χ1v) is 5.59. The van der Waals surface area contributed by atoms with Crippen LogP contribution in [0.5, 0.6) is 0 Å². The molecule has 2 rings (SSSR count). The molecule has 1 aromatic rings. The van der Waals surface area contributed by atoms with Gasteiger partial charge in [0.25, 0.3) is 0 Å². The lowest BCUT2D eigenvalue weighted by Crippen LogP contribution is -2.52. The van der Waals surface area contributed by atoms with Gasteiger partial charge in [0.2, 0.25) is 5.91 Å². The van der Waals surface area contributed by atoms with E-state index in [0.29, 0.717) is 12.1 Å². The second kappa shape index (κ2) is 4.65. The number of nitrogens with zero attached hydrogens (tertiary/aromatic N) is 2. The lowest BCUT2D eigenvalue weighted by Gasteiger charge is -2.33. The van der Waals surface area contributed by atoms with E-state index < -0.39 is 0 Å². The first-order valence-electron chi connectivity index (χ1n) is 5.59. The van der Waals surface area contributed by atoms with Gasteiger partial charge < -0.3 is 14.7 Å². The van der Waals surface area contributed by atoms with Gasteiger partial charge in [-0.3, -0.25) is 4.79 Å². The monoisotopic (exact) mass is 223 g/mol. The van der Waals surface area contributed by atoms with Gasteiger partial charge in [0.15, 0.2) is 0 Å². The van der Waals surface area contributed by atoms with E-state index in [2.05, 4.69) is 17.4 Å². The van der Waals surface area contributed by atoms with Crippen molar-refractivity contribution in [3.8, 4) is 0 Å². The van der Waals surface area contributed by atoms with Crippen molar-refractivity contribution in [2.75, 3.05) is 19.6 Å². The summed E-state index contributed by atoms with van der Waals surface area (Å²) in [5.41, 5.74) is 0.716. The van der Waals surface area contributed by atoms with Crippen molar-refractivity contribution in [2.45, 2.75) is 26.3 Å². The van der Waals surface area contributed by atoms with E-state index in [1.54, 1.807) is 0 Å². The first kappa shape index (κ1) is 11.1. The van der Waals surface area contributed by atoms with Crippen LogP contribution in [-0.4, -0.2) is 41.6 Å². The van der Waals surface area contributed by atoms with Crippen molar-refractivity contribution in [1.82, 2.24) is 15.4 Å². The second-order valence-corrected chi connectivity index (χ2v) is 4.25. The Hall–Kier alpha value is -1.36. The maximum atomic E-state index is 12.0. The molecule has 1 amide bonds. The number of hydrogen-bond acceptors (Lipinski definition) is 4. The minimum atomic E-state index is 0.127. The summed E-state index contributed by atoms with van der Waals surface area (Å²) in [7, 11) is 0. The highest BCUT2D eigenvalue weighted by molar-refractivity contribution is 5.78. The summed E-state index contributed by atoms with van der Waals surface area (Å²) >= 11 is 0. The van der Waals surface area contributed by atoms with Crippen LogP contribution >= 0.6 is 0 Å². The van der Waals surface area contributed by atoms with Crippen LogP contribution in [0, 0.1) is 6.92 Å². The molecule has 0 radical (unpaired) electrons. The molecular weight excluding hydrogens is 206 g/mol. The Morgan fingerprint density at radius 2 is 2.56 bits per heavy atom. The van der Waals surface area contributed by atoms with Gasteiger partial charge in [0.1, 0.15) is 5.76 Å². The third-order valence-corrected chi connectivity index (χ3v) is 2.83. The highest BCUT2D eigenvalue weighted by atomic mass is 16.5. The Bertz CT molecular complexity index is 375. The molecule has 0 aromatic carbocycles. The molecule has 1 aliphatic rings. The second-order valence-electron chi connectivity index (χ2n) is 4.25. The molecule has 5 nitrogen and oxygen atoms in total. The molecule has 1 aliphatic heterocycles. The SMILES string of the molecule is Cc1cc(CC(=O)N2CCNCC2C)no1. The zero-order valence-electron chi connectivity index (χ0n) is 9.69. The van der Waals surface area contributed by atoms with Crippen LogP contribution in [0.1, 0.15) is 18.4 Å². The standard InChI is InChI=1S/C11H17N3O2/c1-8-7-12-3-4-14(8)11(15)6-10-5-9(2)16-13-10/h5,8,12H,3-4,6-7H2,1-2H3. The Morgan fingerprint density at radius 3 is 3.19 bits per heavy atom. The lowest BCUT2D eigenvalue weighted by molar-refractivity contribution is -0.133. The summed E-state index contributed by atoms with van der Waals surface area (Å²) in [6.45, 7) is 6.39. The van der Waals surface area contributed by atoms with E-state index in [-0.39, 0.29) is 11.9 Å². The Morgan fingerprint density at radius 1 is 1.75 bits per heavy atom. The molecule has 0 saturated carbocycles. The Balaban J connectivity index is 1.96. The van der Waals surface area contributed by atoms with Crippen molar-refractivity contribution < 1.29 is 9.32 Å². The molecule has 88 valence electrons. The van der Waals surface area contributed by atoms with Crippen LogP contribution in [-0.2, 0) is 11.2 Å². The fourth-order valence-corrected chi connectivity index (χ4v) is 1.97. The smallest absolute Gasteiger partial charge is 0.229 e. The maximum Gasteiger partial charge on any atom is 0.229 e. The fourth-order valence-electron chi connectivity index (χ4n) is 1.97. The van der Waals surface area contributed by atoms with Crippen molar-refractivity contribution in [1.29, 1.82) is 0 Å². The molecule has 2 heterocycles. The van der Waals surface area contributed by atoms with Crippen molar-refractivity contribution in [3.05, 3.63) is 17.5 Å². The zero-order valence-corrected chi connectivity index (χ0v) is 9.69. The van der Waals surface area contributed by atoms with E-state index in [9.17, 15) is 4.79 Å². The molecule has 16 heavy (non-hydrogen) atoms. The van der Waals surface area contributed by atoms with E-state index in [0.717, 1.165) is 25.4 Å². The Labute approximate surface area is 94.8 Å². The van der Waals surface area contributed by atoms with E-state index in [4.69, 9.17) is 4.52 Å². The summed E-state index contributed by atoms with van der Waals surface area (Å²) in [6, 6.07) is 2.07. The van der Waals surface area contributed by atoms with Crippen LogP contribution in [0.2, 0.25) is 0 Å². The molecular formula is C11H17N3O2. The van der Waals surface area contributed by atoms with Gasteiger partial charge >= 0.3 is 0 Å². The number of rotatable bonds is 2. The molecule has 0 aliphatic carbocycles. The average molecular weight is 223 g/mol. The van der Waals surface area contributed by atoms with Crippen LogP contribution in [0.4, 0.5) is 0 Å². The highest BCUT2D eigenvalue weighted by Crippen LogP contribution is 2.08. The minimum Gasteiger partial charge on any atom is -0.361 e. The van der Waals surface area contributed by atoms with Gasteiger partial charge in [-0.15, -0.1) is 0 Å². The number of carbonyl (C=O) groups excluding carboxylic acids is 1. The van der Waals surface area contributed by atoms with E-state index in [1.807, 2.05) is 17.9 Å². The van der Waals surface area contributed by atoms with Crippen molar-refractivity contribution >= 4 is 5.91 Å². The van der Waals surface area contributed by atoms with E-state index in [1.165, 1.54) is 0 Å². The van der Waals surface area contributed by atoms with Gasteiger partial charge in [0, 0.05) is 31.7 Å². The first-order chi connectivity index (χ1) is 7.66. The lowest BCUT2D eigenvalue weighted by atomic mass is 10.2. The molecule has 0 spiro atoms. The third-order valence-electron chi connectivity index (χ3n) is 2.83. The van der Waals surface area contributed by atoms with Crippen molar-refractivity contribution in [3.63, 3.8) is 0 Å². The summed E-state index contributed by atoms with van der Waals surface area (Å²) in [6.07, 6.45) is 0.335. The summed E-state index contributed by atoms with van der Waals surface area (Å²) in [4.78, 5) is 13.9. The molecule has 0 bridgehead atoms. The summed E-state index contributed by atoms with van der Waals surface area (Å²) < 4.78 is 4.95. The minimum absolute atomic E-state index is 0.127. The molecule has 1 saturated heterocycles. The quantitative estimate of drug-likeness (QED) is 0.785. The number of hydrogen-bond donors (Lipinski definition) is 1. The van der Waals surface area contributed by atoms with Crippen LogP contribution < -0.4 is 5.32 Å². The van der Waals surface area contributed by atoms with Gasteiger partial charge in [0.05, 0.1) is 12.1 Å². The summed E-state index contributed by atoms with van der Waals surface area (Å²) in [5.74, 6) is 0.874. The normalized spacial score (nSPS) is 21.1. The third kappa shape index (κ3) is 2.41. The van der Waals surface area contributed by atoms with Crippen LogP contribution in [0.3, 0.4) is 0 Å². The number of piperazine rings is 1. The number of aromatic nitrogens is 1. The van der Waals surface area contributed by atoms with Gasteiger partial charge in [-0.2, -0.15) is 0 Å². The van der Waals surface area contributed by atoms with Crippen LogP contribution in [0.15, 0.2) is 10.6 Å². The topological polar surface area (TPSA) is 58.4 Å². The number of nitrogens with one attached hydrogen (secondary N) is 1. The number of aryl methyl sites for hydroxylation is 1. The molecule has 1 N–H and O–H groups in total. The van der Waals surface area contributed by atoms with Gasteiger partial charge in [-0.1, -0.05) is 5.16 Å². The fraction of sp³-hybridized carbons (Fsp3) is 0.636. The Kier molecular flexibility index (Phi) is 3.24. The zero-order chi connectivity index (χ0) is 11.5. The highest BCUT2D eigenvalue weighted by Gasteiger charge is 2.23. The molecule has 1 aromatic heterocycles. The predicted octanol–water partition coefficient (Wildman–Crippen LogP) is 0.346. The molecule has 1 atom stereocenters. The molecule has 1 unspecified atom stereocenters. The number of carbonyl (C=O) groups is 1. The maximum absolute atomic E-state index is 12.0.